The van der Waals surface area contributed by atoms with Gasteiger partial charge in [0.15, 0.2) is 0 Å². The van der Waals surface area contributed by atoms with Crippen LogP contribution in [0.2, 0.25) is 0 Å². The highest BCUT2D eigenvalue weighted by molar-refractivity contribution is 5.98. The predicted molar refractivity (Wildman–Crippen MR) is 84.0 cm³/mol. The summed E-state index contributed by atoms with van der Waals surface area (Å²) in [4.78, 5) is 0. The lowest BCUT2D eigenvalue weighted by Crippen LogP contribution is -2.23. The molecule has 22 heavy (non-hydrogen) atoms. The normalized spacial score (nSPS) is 25.9. The molecule has 0 saturated carbocycles. The second kappa shape index (κ2) is 10.7. The average Bonchev–Trinajstić information content (AvgIpc) is 3.41. The lowest BCUT2D eigenvalue weighted by Gasteiger charge is -2.25. The second-order valence-electron chi connectivity index (χ2n) is 6.17. The first-order chi connectivity index (χ1) is 10.8. The summed E-state index contributed by atoms with van der Waals surface area (Å²) in [5.41, 5.74) is 0. The topological polar surface area (TPSA) is 52.8 Å². The third-order valence-corrected chi connectivity index (χ3v) is 4.52. The van der Waals surface area contributed by atoms with Crippen LogP contribution in [-0.2, 0) is 23.4 Å². The molecular formula is C16H29O5Si. The van der Waals surface area contributed by atoms with Gasteiger partial charge in [0.2, 0.25) is 10.5 Å². The predicted octanol–water partition coefficient (Wildman–Crippen LogP) is 1.87. The van der Waals surface area contributed by atoms with E-state index in [2.05, 4.69) is 17.4 Å². The van der Waals surface area contributed by atoms with Gasteiger partial charge in [-0.2, -0.15) is 0 Å². The Kier molecular flexibility index (Phi) is 8.95. The molecular weight excluding hydrogens is 300 g/mol. The van der Waals surface area contributed by atoms with Crippen LogP contribution in [0.3, 0.4) is 0 Å². The maximum absolute atomic E-state index is 5.61. The van der Waals surface area contributed by atoms with Crippen molar-refractivity contribution in [2.75, 3.05) is 39.6 Å². The summed E-state index contributed by atoms with van der Waals surface area (Å²) < 4.78 is 27.0. The van der Waals surface area contributed by atoms with Crippen LogP contribution in [0.1, 0.15) is 39.0 Å². The summed E-state index contributed by atoms with van der Waals surface area (Å²) in [5.74, 6) is 0.545. The van der Waals surface area contributed by atoms with Gasteiger partial charge in [-0.05, 0) is 38.0 Å². The van der Waals surface area contributed by atoms with Gasteiger partial charge >= 0.3 is 0 Å². The highest BCUT2D eigenvalue weighted by Crippen LogP contribution is 2.23. The molecule has 3 radical (unpaired) electrons. The Hall–Kier alpha value is 0.0169. The number of hydrogen-bond donors (Lipinski definition) is 0. The quantitative estimate of drug-likeness (QED) is 0.261. The Bertz CT molecular complexity index is 258. The molecule has 6 heteroatoms. The van der Waals surface area contributed by atoms with Crippen LogP contribution in [0.4, 0.5) is 0 Å². The van der Waals surface area contributed by atoms with Crippen molar-refractivity contribution in [1.29, 1.82) is 0 Å². The Morgan fingerprint density at radius 1 is 1.00 bits per heavy atom. The molecule has 2 heterocycles. The molecule has 0 aromatic rings. The number of epoxide rings is 2. The van der Waals surface area contributed by atoms with Crippen LogP contribution in [0.25, 0.3) is 0 Å². The minimum atomic E-state index is 0.259. The Labute approximate surface area is 137 Å². The first kappa shape index (κ1) is 18.4. The van der Waals surface area contributed by atoms with Gasteiger partial charge in [0, 0.05) is 19.3 Å². The molecule has 5 nitrogen and oxygen atoms in total. The van der Waals surface area contributed by atoms with Crippen LogP contribution in [0.5, 0.6) is 0 Å². The molecule has 127 valence electrons. The van der Waals surface area contributed by atoms with Gasteiger partial charge < -0.3 is 23.4 Å². The molecule has 2 rings (SSSR count). The van der Waals surface area contributed by atoms with Crippen LogP contribution >= 0.6 is 0 Å². The summed E-state index contributed by atoms with van der Waals surface area (Å²) in [6, 6.07) is 0. The van der Waals surface area contributed by atoms with Crippen molar-refractivity contribution in [1.82, 2.24) is 0 Å². The zero-order valence-corrected chi connectivity index (χ0v) is 14.6. The van der Waals surface area contributed by atoms with E-state index in [4.69, 9.17) is 23.4 Å². The molecule has 0 aromatic carbocycles. The molecule has 2 fully saturated rings. The average molecular weight is 329 g/mol. The maximum atomic E-state index is 5.61. The molecule has 0 spiro atoms. The van der Waals surface area contributed by atoms with Crippen molar-refractivity contribution >= 4 is 10.5 Å². The molecule has 2 aliphatic heterocycles. The monoisotopic (exact) mass is 329 g/mol. The van der Waals surface area contributed by atoms with Gasteiger partial charge in [0.1, 0.15) is 12.2 Å². The van der Waals surface area contributed by atoms with E-state index in [-0.39, 0.29) is 6.10 Å². The smallest absolute Gasteiger partial charge is 0.246 e. The van der Waals surface area contributed by atoms with Gasteiger partial charge in [0.05, 0.1) is 26.4 Å². The van der Waals surface area contributed by atoms with E-state index in [9.17, 15) is 0 Å². The molecule has 0 N–H and O–H groups in total. The van der Waals surface area contributed by atoms with Gasteiger partial charge in [-0.3, -0.25) is 0 Å². The van der Waals surface area contributed by atoms with E-state index in [0.717, 1.165) is 71.7 Å². The molecule has 0 aromatic heterocycles. The first-order valence-corrected chi connectivity index (χ1v) is 8.95. The van der Waals surface area contributed by atoms with Crippen molar-refractivity contribution in [2.24, 2.45) is 5.92 Å². The maximum Gasteiger partial charge on any atom is 0.246 e. The highest BCUT2D eigenvalue weighted by atomic mass is 28.2. The summed E-state index contributed by atoms with van der Waals surface area (Å²) >= 11 is 0. The fourth-order valence-corrected chi connectivity index (χ4v) is 3.04. The first-order valence-electron chi connectivity index (χ1n) is 8.54. The fraction of sp³-hybridized carbons (Fsp3) is 1.00. The molecule has 2 aliphatic rings. The van der Waals surface area contributed by atoms with Crippen molar-refractivity contribution in [3.8, 4) is 0 Å². The lowest BCUT2D eigenvalue weighted by atomic mass is 9.91. The largest absolute Gasteiger partial charge is 0.415 e. The van der Waals surface area contributed by atoms with E-state index < -0.39 is 0 Å². The molecule has 3 unspecified atom stereocenters. The van der Waals surface area contributed by atoms with Crippen LogP contribution in [0.15, 0.2) is 0 Å². The minimum Gasteiger partial charge on any atom is -0.415 e. The van der Waals surface area contributed by atoms with Crippen molar-refractivity contribution < 1.29 is 23.4 Å². The van der Waals surface area contributed by atoms with Crippen LogP contribution < -0.4 is 0 Å². The van der Waals surface area contributed by atoms with Crippen LogP contribution in [0, 0.1) is 5.92 Å². The lowest BCUT2D eigenvalue weighted by molar-refractivity contribution is 0.0791. The summed E-state index contributed by atoms with van der Waals surface area (Å²) in [7, 11) is 3.23. The standard InChI is InChI=1S/C16H29O5Si/c1-2-16(21-22)13(5-3-7-17-9-14-11-19-14)6-4-8-18-10-15-12-20-15/h13-16H,2-12H2,1H3. The van der Waals surface area contributed by atoms with Gasteiger partial charge in [-0.1, -0.05) is 6.92 Å². The Morgan fingerprint density at radius 3 is 1.86 bits per heavy atom. The fourth-order valence-electron chi connectivity index (χ4n) is 2.68. The van der Waals surface area contributed by atoms with Gasteiger partial charge in [-0.25, -0.2) is 0 Å². The summed E-state index contributed by atoms with van der Waals surface area (Å²) in [5, 5.41) is 0. The van der Waals surface area contributed by atoms with E-state index in [0.29, 0.717) is 18.1 Å². The second-order valence-corrected chi connectivity index (χ2v) is 6.41. The molecule has 2 saturated heterocycles. The van der Waals surface area contributed by atoms with Gasteiger partial charge in [-0.15, -0.1) is 0 Å². The molecule has 0 bridgehead atoms. The third kappa shape index (κ3) is 8.03. The zero-order chi connectivity index (χ0) is 15.6. The number of ether oxygens (including phenoxy) is 4. The number of rotatable bonds is 15. The van der Waals surface area contributed by atoms with Crippen molar-refractivity contribution in [3.05, 3.63) is 0 Å². The van der Waals surface area contributed by atoms with E-state index in [1.54, 1.807) is 0 Å². The number of hydrogen-bond acceptors (Lipinski definition) is 5. The summed E-state index contributed by atoms with van der Waals surface area (Å²) in [6.07, 6.45) is 6.38. The van der Waals surface area contributed by atoms with E-state index in [1.165, 1.54) is 0 Å². The van der Waals surface area contributed by atoms with Gasteiger partial charge in [0.25, 0.3) is 0 Å². The van der Waals surface area contributed by atoms with Crippen molar-refractivity contribution in [2.45, 2.75) is 57.3 Å². The Morgan fingerprint density at radius 2 is 1.50 bits per heavy atom. The van der Waals surface area contributed by atoms with Crippen LogP contribution in [-0.4, -0.2) is 68.4 Å². The van der Waals surface area contributed by atoms with Crippen molar-refractivity contribution in [3.63, 3.8) is 0 Å². The third-order valence-electron chi connectivity index (χ3n) is 4.22. The Balaban J connectivity index is 1.53. The van der Waals surface area contributed by atoms with E-state index >= 15 is 0 Å². The summed E-state index contributed by atoms with van der Waals surface area (Å²) in [6.45, 7) is 7.00. The molecule has 0 aliphatic carbocycles. The molecule has 0 amide bonds. The van der Waals surface area contributed by atoms with E-state index in [1.807, 2.05) is 0 Å². The minimum absolute atomic E-state index is 0.259. The highest BCUT2D eigenvalue weighted by Gasteiger charge is 2.23. The SMILES string of the molecule is CCC(O[Si])C(CCCOCC1CO1)CCCOCC1CO1. The zero-order valence-electron chi connectivity index (χ0n) is 13.6. The molecule has 3 atom stereocenters.